The predicted octanol–water partition coefficient (Wildman–Crippen LogP) is 3.73. The second-order valence-electron chi connectivity index (χ2n) is 4.48. The van der Waals surface area contributed by atoms with Crippen molar-refractivity contribution < 1.29 is 8.81 Å². The predicted molar refractivity (Wildman–Crippen MR) is 70.1 cm³/mol. The normalized spacial score (nSPS) is 12.7. The number of aryl methyl sites for hydroxylation is 2. The summed E-state index contributed by atoms with van der Waals surface area (Å²) < 4.78 is 18.8. The molecule has 1 heterocycles. The van der Waals surface area contributed by atoms with Crippen LogP contribution in [0.5, 0.6) is 0 Å². The third-order valence-corrected chi connectivity index (χ3v) is 3.04. The van der Waals surface area contributed by atoms with Crippen LogP contribution in [-0.4, -0.2) is 6.54 Å². The lowest BCUT2D eigenvalue weighted by molar-refractivity contribution is 0.525. The number of furan rings is 1. The average Bonchev–Trinajstić information content (AvgIpc) is 2.76. The highest BCUT2D eigenvalue weighted by molar-refractivity contribution is 5.36. The maximum atomic E-state index is 13.4. The lowest BCUT2D eigenvalue weighted by Gasteiger charge is -2.19. The molecular formula is C15H18FNO. The molecule has 0 fully saturated rings. The average molecular weight is 247 g/mol. The molecule has 1 atom stereocenters. The fraction of sp³-hybridized carbons (Fsp3) is 0.333. The van der Waals surface area contributed by atoms with Crippen molar-refractivity contribution in [3.63, 3.8) is 0 Å². The summed E-state index contributed by atoms with van der Waals surface area (Å²) in [5.41, 5.74) is 3.06. The lowest BCUT2D eigenvalue weighted by Crippen LogP contribution is -2.22. The number of hydrogen-bond donors (Lipinski definition) is 1. The molecule has 0 saturated heterocycles. The van der Waals surface area contributed by atoms with Crippen molar-refractivity contribution in [1.82, 2.24) is 5.32 Å². The third-order valence-electron chi connectivity index (χ3n) is 3.04. The van der Waals surface area contributed by atoms with E-state index in [0.29, 0.717) is 0 Å². The Hall–Kier alpha value is -1.61. The van der Waals surface area contributed by atoms with Gasteiger partial charge in [0, 0.05) is 5.56 Å². The Morgan fingerprint density at radius 3 is 2.67 bits per heavy atom. The summed E-state index contributed by atoms with van der Waals surface area (Å²) in [5, 5.41) is 3.37. The molecule has 2 aromatic rings. The summed E-state index contributed by atoms with van der Waals surface area (Å²) in [6.07, 6.45) is 1.73. The Morgan fingerprint density at radius 1 is 1.28 bits per heavy atom. The van der Waals surface area contributed by atoms with E-state index >= 15 is 0 Å². The minimum absolute atomic E-state index is 0.0249. The highest BCUT2D eigenvalue weighted by Crippen LogP contribution is 2.27. The van der Waals surface area contributed by atoms with Crippen LogP contribution < -0.4 is 5.32 Å². The molecule has 96 valence electrons. The van der Waals surface area contributed by atoms with Crippen LogP contribution in [0.3, 0.4) is 0 Å². The van der Waals surface area contributed by atoms with Crippen LogP contribution in [-0.2, 0) is 0 Å². The Balaban J connectivity index is 2.44. The largest absolute Gasteiger partial charge is 0.469 e. The number of hydrogen-bond acceptors (Lipinski definition) is 2. The highest BCUT2D eigenvalue weighted by Gasteiger charge is 2.17. The first-order valence-electron chi connectivity index (χ1n) is 6.16. The Bertz CT molecular complexity index is 533. The molecule has 0 saturated carbocycles. The van der Waals surface area contributed by atoms with Gasteiger partial charge in [0.2, 0.25) is 0 Å². The maximum Gasteiger partial charge on any atom is 0.123 e. The molecule has 1 unspecified atom stereocenters. The zero-order valence-corrected chi connectivity index (χ0v) is 11.0. The summed E-state index contributed by atoms with van der Waals surface area (Å²) in [6.45, 7) is 6.75. The molecular weight excluding hydrogens is 229 g/mol. The summed E-state index contributed by atoms with van der Waals surface area (Å²) in [4.78, 5) is 0. The summed E-state index contributed by atoms with van der Waals surface area (Å²) in [6, 6.07) is 6.84. The van der Waals surface area contributed by atoms with Gasteiger partial charge in [0.05, 0.1) is 12.3 Å². The van der Waals surface area contributed by atoms with Gasteiger partial charge < -0.3 is 9.73 Å². The van der Waals surface area contributed by atoms with Gasteiger partial charge in [-0.05, 0) is 49.7 Å². The van der Waals surface area contributed by atoms with E-state index in [1.165, 1.54) is 6.07 Å². The molecule has 18 heavy (non-hydrogen) atoms. The van der Waals surface area contributed by atoms with Crippen LogP contribution in [0.1, 0.15) is 35.4 Å². The fourth-order valence-corrected chi connectivity index (χ4v) is 2.15. The van der Waals surface area contributed by atoms with Gasteiger partial charge in [0.15, 0.2) is 0 Å². The van der Waals surface area contributed by atoms with Gasteiger partial charge in [-0.25, -0.2) is 4.39 Å². The van der Waals surface area contributed by atoms with E-state index < -0.39 is 0 Å². The summed E-state index contributed by atoms with van der Waals surface area (Å²) in [7, 11) is 0. The number of halogens is 1. The van der Waals surface area contributed by atoms with Crippen molar-refractivity contribution in [1.29, 1.82) is 0 Å². The van der Waals surface area contributed by atoms with Crippen LogP contribution in [0.15, 0.2) is 34.9 Å². The molecule has 0 aliphatic rings. The monoisotopic (exact) mass is 247 g/mol. The smallest absolute Gasteiger partial charge is 0.123 e. The Kier molecular flexibility index (Phi) is 3.82. The van der Waals surface area contributed by atoms with E-state index in [1.807, 2.05) is 32.9 Å². The van der Waals surface area contributed by atoms with Crippen LogP contribution in [0.25, 0.3) is 0 Å². The van der Waals surface area contributed by atoms with Gasteiger partial charge in [-0.1, -0.05) is 13.0 Å². The molecule has 1 N–H and O–H groups in total. The zero-order valence-electron chi connectivity index (χ0n) is 11.0. The van der Waals surface area contributed by atoms with Gasteiger partial charge in [-0.2, -0.15) is 0 Å². The van der Waals surface area contributed by atoms with E-state index in [-0.39, 0.29) is 11.9 Å². The van der Waals surface area contributed by atoms with Crippen LogP contribution in [0.4, 0.5) is 4.39 Å². The van der Waals surface area contributed by atoms with Crippen LogP contribution in [0, 0.1) is 19.7 Å². The van der Waals surface area contributed by atoms with Crippen LogP contribution >= 0.6 is 0 Å². The standard InChI is InChI=1S/C15H18FNO/c1-4-17-15(12-7-11(3)18-9-12)14-8-13(16)6-5-10(14)2/h5-9,15,17H,4H2,1-3H3. The zero-order chi connectivity index (χ0) is 13.1. The first-order valence-corrected chi connectivity index (χ1v) is 6.16. The molecule has 0 amide bonds. The van der Waals surface area contributed by atoms with E-state index in [9.17, 15) is 4.39 Å². The first kappa shape index (κ1) is 12.8. The van der Waals surface area contributed by atoms with E-state index in [2.05, 4.69) is 5.32 Å². The van der Waals surface area contributed by atoms with E-state index in [1.54, 1.807) is 12.3 Å². The maximum absolute atomic E-state index is 13.4. The second kappa shape index (κ2) is 5.36. The SMILES string of the molecule is CCNC(c1coc(C)c1)c1cc(F)ccc1C. The lowest BCUT2D eigenvalue weighted by atomic mass is 9.96. The van der Waals surface area contributed by atoms with Gasteiger partial charge in [-0.15, -0.1) is 0 Å². The number of benzene rings is 1. The molecule has 2 rings (SSSR count). The molecule has 1 aromatic heterocycles. The second-order valence-corrected chi connectivity index (χ2v) is 4.48. The van der Waals surface area contributed by atoms with E-state index in [4.69, 9.17) is 4.42 Å². The molecule has 2 nitrogen and oxygen atoms in total. The van der Waals surface area contributed by atoms with Crippen LogP contribution in [0.2, 0.25) is 0 Å². The van der Waals surface area contributed by atoms with Crippen molar-refractivity contribution in [2.75, 3.05) is 6.54 Å². The molecule has 0 spiro atoms. The third kappa shape index (κ3) is 2.62. The van der Waals surface area contributed by atoms with Crippen molar-refractivity contribution in [3.8, 4) is 0 Å². The van der Waals surface area contributed by atoms with E-state index in [0.717, 1.165) is 29.0 Å². The molecule has 0 aliphatic heterocycles. The molecule has 0 aliphatic carbocycles. The summed E-state index contributed by atoms with van der Waals surface area (Å²) >= 11 is 0. The molecule has 1 aromatic carbocycles. The Labute approximate surface area is 107 Å². The quantitative estimate of drug-likeness (QED) is 0.890. The van der Waals surface area contributed by atoms with Gasteiger partial charge in [0.1, 0.15) is 11.6 Å². The van der Waals surface area contributed by atoms with Crippen molar-refractivity contribution in [2.45, 2.75) is 26.8 Å². The molecule has 0 bridgehead atoms. The van der Waals surface area contributed by atoms with Gasteiger partial charge >= 0.3 is 0 Å². The summed E-state index contributed by atoms with van der Waals surface area (Å²) in [5.74, 6) is 0.653. The Morgan fingerprint density at radius 2 is 2.06 bits per heavy atom. The molecule has 3 heteroatoms. The number of nitrogens with one attached hydrogen (secondary N) is 1. The highest BCUT2D eigenvalue weighted by atomic mass is 19.1. The van der Waals surface area contributed by atoms with Crippen molar-refractivity contribution >= 4 is 0 Å². The van der Waals surface area contributed by atoms with Crippen molar-refractivity contribution in [2.24, 2.45) is 0 Å². The minimum Gasteiger partial charge on any atom is -0.469 e. The van der Waals surface area contributed by atoms with Gasteiger partial charge in [0.25, 0.3) is 0 Å². The van der Waals surface area contributed by atoms with Gasteiger partial charge in [-0.3, -0.25) is 0 Å². The first-order chi connectivity index (χ1) is 8.61. The number of rotatable bonds is 4. The topological polar surface area (TPSA) is 25.2 Å². The molecule has 0 radical (unpaired) electrons. The fourth-order valence-electron chi connectivity index (χ4n) is 2.15. The van der Waals surface area contributed by atoms with Crippen molar-refractivity contribution in [3.05, 3.63) is 58.8 Å². The minimum atomic E-state index is -0.210.